The Morgan fingerprint density at radius 2 is 1.74 bits per heavy atom. The van der Waals surface area contributed by atoms with Crippen molar-refractivity contribution < 1.29 is 23.4 Å². The van der Waals surface area contributed by atoms with Crippen molar-refractivity contribution in [3.63, 3.8) is 0 Å². The minimum atomic E-state index is -0.700. The summed E-state index contributed by atoms with van der Waals surface area (Å²) in [6.07, 6.45) is 4.94. The summed E-state index contributed by atoms with van der Waals surface area (Å²) >= 11 is 12.3. The smallest absolute Gasteiger partial charge is 0.410 e. The van der Waals surface area contributed by atoms with Crippen molar-refractivity contribution in [3.05, 3.63) is 58.2 Å². The van der Waals surface area contributed by atoms with Crippen LogP contribution in [0, 0.1) is 5.82 Å². The molecule has 2 N–H and O–H groups in total. The lowest BCUT2D eigenvalue weighted by atomic mass is 10.1. The fourth-order valence-corrected chi connectivity index (χ4v) is 4.71. The molecule has 0 aliphatic carbocycles. The van der Waals surface area contributed by atoms with Crippen LogP contribution in [0.25, 0.3) is 11.1 Å². The van der Waals surface area contributed by atoms with Gasteiger partial charge in [0.15, 0.2) is 11.6 Å². The molecule has 4 rings (SSSR count). The third-order valence-corrected chi connectivity index (χ3v) is 6.71. The number of nitrogens with two attached hydrogens (primary N) is 1. The van der Waals surface area contributed by atoms with Gasteiger partial charge in [0.2, 0.25) is 0 Å². The number of ether oxygens (including phenoxy) is 3. The van der Waals surface area contributed by atoms with Crippen LogP contribution in [-0.2, 0) is 4.74 Å². The van der Waals surface area contributed by atoms with E-state index in [4.69, 9.17) is 43.1 Å². The van der Waals surface area contributed by atoms with Crippen molar-refractivity contribution >= 4 is 35.1 Å². The average molecular weight is 578 g/mol. The van der Waals surface area contributed by atoms with E-state index in [1.165, 1.54) is 12.1 Å². The molecule has 12 heteroatoms. The van der Waals surface area contributed by atoms with Gasteiger partial charge in [-0.05, 0) is 45.9 Å². The van der Waals surface area contributed by atoms with Crippen LogP contribution in [0.4, 0.5) is 15.0 Å². The average Bonchev–Trinajstić information content (AvgIpc) is 2.88. The Labute approximate surface area is 236 Å². The first kappa shape index (κ1) is 28.6. The van der Waals surface area contributed by atoms with E-state index in [1.54, 1.807) is 36.5 Å². The zero-order chi connectivity index (χ0) is 28.3. The van der Waals surface area contributed by atoms with E-state index in [9.17, 15) is 9.18 Å². The summed E-state index contributed by atoms with van der Waals surface area (Å²) in [5.74, 6) is -0.180. The molecule has 0 radical (unpaired) electrons. The van der Waals surface area contributed by atoms with E-state index < -0.39 is 17.5 Å². The Hall–Kier alpha value is -3.37. The van der Waals surface area contributed by atoms with Gasteiger partial charge in [-0.2, -0.15) is 0 Å². The van der Waals surface area contributed by atoms with Gasteiger partial charge < -0.3 is 24.8 Å². The zero-order valence-corrected chi connectivity index (χ0v) is 23.6. The molecule has 0 bridgehead atoms. The minimum Gasteiger partial charge on any atom is -0.482 e. The minimum absolute atomic E-state index is 0.114. The van der Waals surface area contributed by atoms with Crippen LogP contribution in [0.5, 0.6) is 11.8 Å². The summed E-state index contributed by atoms with van der Waals surface area (Å²) in [4.78, 5) is 26.8. The summed E-state index contributed by atoms with van der Waals surface area (Å²) in [7, 11) is 0. The fraction of sp³-hybridized carbons (Fsp3) is 0.407. The van der Waals surface area contributed by atoms with E-state index in [0.717, 1.165) is 0 Å². The highest BCUT2D eigenvalue weighted by atomic mass is 35.5. The van der Waals surface area contributed by atoms with Crippen LogP contribution >= 0.6 is 23.2 Å². The van der Waals surface area contributed by atoms with Gasteiger partial charge in [-0.3, -0.25) is 0 Å². The third-order valence-electron chi connectivity index (χ3n) is 6.00. The van der Waals surface area contributed by atoms with Crippen molar-refractivity contribution in [2.45, 2.75) is 58.3 Å². The van der Waals surface area contributed by atoms with Gasteiger partial charge in [-0.1, -0.05) is 23.2 Å². The number of nitrogen functional groups attached to an aromatic ring is 1. The maximum absolute atomic E-state index is 14.0. The largest absolute Gasteiger partial charge is 0.482 e. The number of anilines is 1. The number of benzene rings is 1. The fourth-order valence-electron chi connectivity index (χ4n) is 4.03. The predicted molar refractivity (Wildman–Crippen MR) is 147 cm³/mol. The van der Waals surface area contributed by atoms with Crippen molar-refractivity contribution in [1.29, 1.82) is 0 Å². The van der Waals surface area contributed by atoms with Crippen LogP contribution in [0.1, 0.15) is 52.2 Å². The molecule has 9 nitrogen and oxygen atoms in total. The van der Waals surface area contributed by atoms with E-state index in [1.807, 2.05) is 20.8 Å². The molecule has 1 aromatic carbocycles. The molecule has 1 unspecified atom stereocenters. The van der Waals surface area contributed by atoms with E-state index in [2.05, 4.69) is 15.0 Å². The highest BCUT2D eigenvalue weighted by Gasteiger charge is 2.28. The molecular weight excluding hydrogens is 548 g/mol. The van der Waals surface area contributed by atoms with Gasteiger partial charge in [0.05, 0.1) is 5.02 Å². The maximum atomic E-state index is 14.0. The van der Waals surface area contributed by atoms with Crippen molar-refractivity contribution in [2.75, 3.05) is 18.8 Å². The quantitative estimate of drug-likeness (QED) is 0.331. The molecule has 0 saturated carbocycles. The topological polar surface area (TPSA) is 113 Å². The number of pyridine rings is 1. The van der Waals surface area contributed by atoms with Crippen LogP contribution in [0.2, 0.25) is 10.0 Å². The Morgan fingerprint density at radius 3 is 2.38 bits per heavy atom. The number of amides is 1. The zero-order valence-electron chi connectivity index (χ0n) is 22.1. The number of carbonyl (C=O) groups is 1. The summed E-state index contributed by atoms with van der Waals surface area (Å²) < 4.78 is 31.3. The summed E-state index contributed by atoms with van der Waals surface area (Å²) in [6, 6.07) is 4.53. The molecule has 0 spiro atoms. The monoisotopic (exact) mass is 577 g/mol. The van der Waals surface area contributed by atoms with Crippen LogP contribution < -0.4 is 15.2 Å². The number of piperidine rings is 1. The predicted octanol–water partition coefficient (Wildman–Crippen LogP) is 6.49. The molecule has 1 atom stereocenters. The number of halogens is 3. The number of rotatable bonds is 6. The lowest BCUT2D eigenvalue weighted by Crippen LogP contribution is -2.44. The Bertz CT molecular complexity index is 1330. The Morgan fingerprint density at radius 1 is 1.10 bits per heavy atom. The molecule has 1 aliphatic heterocycles. The van der Waals surface area contributed by atoms with Gasteiger partial charge in [-0.25, -0.2) is 24.1 Å². The molecule has 1 fully saturated rings. The molecule has 39 heavy (non-hydrogen) atoms. The Kier molecular flexibility index (Phi) is 8.66. The lowest BCUT2D eigenvalue weighted by Gasteiger charge is -2.33. The van der Waals surface area contributed by atoms with Gasteiger partial charge in [0, 0.05) is 66.2 Å². The highest BCUT2D eigenvalue weighted by Crippen LogP contribution is 2.37. The van der Waals surface area contributed by atoms with Gasteiger partial charge in [0.1, 0.15) is 23.6 Å². The van der Waals surface area contributed by atoms with Gasteiger partial charge >= 0.3 is 12.1 Å². The maximum Gasteiger partial charge on any atom is 0.410 e. The second-order valence-electron chi connectivity index (χ2n) is 10.2. The molecule has 3 heterocycles. The van der Waals surface area contributed by atoms with Gasteiger partial charge in [-0.15, -0.1) is 0 Å². The Balaban J connectivity index is 1.39. The normalized spacial score (nSPS) is 15.1. The number of likely N-dealkylation sites (tertiary alicyclic amines) is 1. The first-order valence-electron chi connectivity index (χ1n) is 12.4. The number of hydrogen-bond acceptors (Lipinski definition) is 8. The number of nitrogens with zero attached hydrogens (tertiary/aromatic N) is 4. The van der Waals surface area contributed by atoms with Crippen molar-refractivity contribution in [3.8, 4) is 22.9 Å². The second kappa shape index (κ2) is 11.8. The summed E-state index contributed by atoms with van der Waals surface area (Å²) in [5, 5.41) is 0.160. The second-order valence-corrected chi connectivity index (χ2v) is 10.9. The first-order valence-corrected chi connectivity index (χ1v) is 13.2. The van der Waals surface area contributed by atoms with E-state index >= 15 is 0 Å². The first-order chi connectivity index (χ1) is 18.4. The molecule has 1 amide bonds. The van der Waals surface area contributed by atoms with Crippen LogP contribution in [-0.4, -0.2) is 50.7 Å². The van der Waals surface area contributed by atoms with E-state index in [0.29, 0.717) is 42.6 Å². The summed E-state index contributed by atoms with van der Waals surface area (Å²) in [6.45, 7) is 8.27. The lowest BCUT2D eigenvalue weighted by molar-refractivity contribution is 0.0119. The molecular formula is C27H30Cl2FN5O4. The number of aromatic nitrogens is 3. The third kappa shape index (κ3) is 7.19. The highest BCUT2D eigenvalue weighted by molar-refractivity contribution is 6.36. The van der Waals surface area contributed by atoms with Crippen molar-refractivity contribution in [2.24, 2.45) is 0 Å². The molecule has 3 aromatic rings. The summed E-state index contributed by atoms with van der Waals surface area (Å²) in [5.41, 5.74) is 7.12. The molecule has 1 aliphatic rings. The number of carbonyl (C=O) groups excluding carboxylic acids is 1. The SMILES string of the molecule is CC(Oc1cc(-c2cnc(OC3CCN(C(=O)OC(C)(C)C)CC3)nc2)cnc1N)c1c(Cl)ccc(F)c1Cl. The molecule has 2 aromatic heterocycles. The molecule has 1 saturated heterocycles. The van der Waals surface area contributed by atoms with Crippen LogP contribution in [0.3, 0.4) is 0 Å². The number of hydrogen-bond donors (Lipinski definition) is 1. The standard InChI is InChI=1S/C27H30Cl2FN5O4/c1-15(22-19(28)5-6-20(30)23(22)29)37-21-11-16(12-32-24(21)31)17-13-33-25(34-14-17)38-18-7-9-35(10-8-18)26(36)39-27(2,3)4/h5-6,11-15,18H,7-10H2,1-4H3,(H2,31,32). The van der Waals surface area contributed by atoms with Crippen LogP contribution in [0.15, 0.2) is 36.8 Å². The van der Waals surface area contributed by atoms with E-state index in [-0.39, 0.29) is 39.8 Å². The van der Waals surface area contributed by atoms with Gasteiger partial charge in [0.25, 0.3) is 0 Å². The van der Waals surface area contributed by atoms with Crippen molar-refractivity contribution in [1.82, 2.24) is 19.9 Å². The molecule has 208 valence electrons.